The van der Waals surface area contributed by atoms with E-state index in [1.165, 1.54) is 0 Å². The molecule has 0 bridgehead atoms. The van der Waals surface area contributed by atoms with Crippen molar-refractivity contribution in [1.29, 1.82) is 0 Å². The maximum absolute atomic E-state index is 10.4. The van der Waals surface area contributed by atoms with Crippen LogP contribution in [0.5, 0.6) is 0 Å². The molecule has 1 atom stereocenters. The van der Waals surface area contributed by atoms with Gasteiger partial charge in [0.15, 0.2) is 5.96 Å². The van der Waals surface area contributed by atoms with Crippen molar-refractivity contribution in [2.45, 2.75) is 26.4 Å². The number of benzene rings is 1. The topological polar surface area (TPSA) is 70.6 Å². The number of aliphatic hydroxyl groups is 1. The van der Waals surface area contributed by atoms with E-state index in [0.717, 1.165) is 6.54 Å². The number of rotatable bonds is 5. The first-order chi connectivity index (χ1) is 8.83. The van der Waals surface area contributed by atoms with Gasteiger partial charge in [0.1, 0.15) is 5.60 Å². The molecule has 0 aromatic heterocycles. The lowest BCUT2D eigenvalue weighted by Gasteiger charge is -2.23. The number of nitrogens with one attached hydrogen (secondary N) is 1. The minimum absolute atomic E-state index is 0. The van der Waals surface area contributed by atoms with Crippen LogP contribution >= 0.6 is 35.6 Å². The molecular formula is C14H23ClIN3O. The van der Waals surface area contributed by atoms with Gasteiger partial charge < -0.3 is 16.2 Å². The Labute approximate surface area is 142 Å². The molecular weight excluding hydrogens is 389 g/mol. The molecule has 1 rings (SSSR count). The predicted molar refractivity (Wildman–Crippen MR) is 95.8 cm³/mol. The minimum atomic E-state index is -1.14. The molecule has 0 fully saturated rings. The average Bonchev–Trinajstić information content (AvgIpc) is 2.34. The smallest absolute Gasteiger partial charge is 0.188 e. The number of nitrogens with two attached hydrogens (primary N) is 1. The highest BCUT2D eigenvalue weighted by Gasteiger charge is 2.25. The van der Waals surface area contributed by atoms with Crippen LogP contribution in [0.25, 0.3) is 0 Å². The summed E-state index contributed by atoms with van der Waals surface area (Å²) in [6.07, 6.45) is 0. The Hall–Kier alpha value is -0.530. The highest BCUT2D eigenvalue weighted by atomic mass is 127. The average molecular weight is 412 g/mol. The summed E-state index contributed by atoms with van der Waals surface area (Å²) in [5.74, 6) is 0.818. The fraction of sp³-hybridized carbons (Fsp3) is 0.500. The number of guanidine groups is 1. The van der Waals surface area contributed by atoms with Gasteiger partial charge in [-0.1, -0.05) is 43.6 Å². The van der Waals surface area contributed by atoms with E-state index in [1.807, 2.05) is 12.1 Å². The van der Waals surface area contributed by atoms with E-state index in [0.29, 0.717) is 22.5 Å². The Bertz CT molecular complexity index is 450. The van der Waals surface area contributed by atoms with E-state index < -0.39 is 5.60 Å². The molecule has 0 aliphatic carbocycles. The second-order valence-corrected chi connectivity index (χ2v) is 5.64. The summed E-state index contributed by atoms with van der Waals surface area (Å²) < 4.78 is 0. The van der Waals surface area contributed by atoms with E-state index in [-0.39, 0.29) is 30.5 Å². The molecule has 0 saturated carbocycles. The molecule has 20 heavy (non-hydrogen) atoms. The van der Waals surface area contributed by atoms with Crippen molar-refractivity contribution in [3.05, 3.63) is 34.9 Å². The van der Waals surface area contributed by atoms with Crippen molar-refractivity contribution in [3.63, 3.8) is 0 Å². The fourth-order valence-electron chi connectivity index (χ4n) is 1.59. The van der Waals surface area contributed by atoms with Crippen LogP contribution in [0.2, 0.25) is 5.02 Å². The van der Waals surface area contributed by atoms with Gasteiger partial charge in [0, 0.05) is 17.1 Å². The van der Waals surface area contributed by atoms with E-state index in [4.69, 9.17) is 17.3 Å². The lowest BCUT2D eigenvalue weighted by atomic mass is 9.96. The van der Waals surface area contributed by atoms with E-state index in [2.05, 4.69) is 24.2 Å². The Morgan fingerprint density at radius 1 is 1.45 bits per heavy atom. The van der Waals surface area contributed by atoms with Crippen LogP contribution < -0.4 is 11.1 Å². The van der Waals surface area contributed by atoms with Gasteiger partial charge in [-0.05, 0) is 18.9 Å². The molecule has 1 aromatic rings. The molecule has 0 aliphatic heterocycles. The van der Waals surface area contributed by atoms with Gasteiger partial charge in [-0.3, -0.25) is 4.99 Å². The zero-order valence-electron chi connectivity index (χ0n) is 12.1. The first kappa shape index (κ1) is 19.5. The molecule has 0 spiro atoms. The third kappa shape index (κ3) is 6.28. The summed E-state index contributed by atoms with van der Waals surface area (Å²) in [4.78, 5) is 4.16. The monoisotopic (exact) mass is 411 g/mol. The summed E-state index contributed by atoms with van der Waals surface area (Å²) in [7, 11) is 0. The summed E-state index contributed by atoms with van der Waals surface area (Å²) in [6.45, 7) is 6.75. The van der Waals surface area contributed by atoms with E-state index in [9.17, 15) is 5.11 Å². The third-order valence-corrected chi connectivity index (χ3v) is 3.03. The van der Waals surface area contributed by atoms with Crippen molar-refractivity contribution < 1.29 is 5.11 Å². The molecule has 4 nitrogen and oxygen atoms in total. The van der Waals surface area contributed by atoms with Crippen LogP contribution in [0, 0.1) is 5.92 Å². The van der Waals surface area contributed by atoms with Gasteiger partial charge in [-0.25, -0.2) is 0 Å². The van der Waals surface area contributed by atoms with Gasteiger partial charge in [-0.2, -0.15) is 0 Å². The Morgan fingerprint density at radius 2 is 2.05 bits per heavy atom. The first-order valence-corrected chi connectivity index (χ1v) is 6.72. The molecule has 1 unspecified atom stereocenters. The number of halogens is 2. The van der Waals surface area contributed by atoms with Crippen LogP contribution in [0.3, 0.4) is 0 Å². The van der Waals surface area contributed by atoms with Crippen LogP contribution in [0.4, 0.5) is 0 Å². The van der Waals surface area contributed by atoms with Crippen molar-refractivity contribution in [3.8, 4) is 0 Å². The van der Waals surface area contributed by atoms with Crippen LogP contribution in [0.15, 0.2) is 29.3 Å². The van der Waals surface area contributed by atoms with Gasteiger partial charge in [0.05, 0.1) is 6.54 Å². The van der Waals surface area contributed by atoms with Crippen molar-refractivity contribution in [2.75, 3.05) is 13.1 Å². The normalized spacial score (nSPS) is 14.6. The second kappa shape index (κ2) is 8.69. The number of hydrogen-bond acceptors (Lipinski definition) is 2. The SMILES string of the molecule is CC(C)CNC(N)=NCC(C)(O)c1ccccc1Cl.I. The van der Waals surface area contributed by atoms with Gasteiger partial charge >= 0.3 is 0 Å². The summed E-state index contributed by atoms with van der Waals surface area (Å²) in [5, 5.41) is 13.9. The molecule has 6 heteroatoms. The maximum atomic E-state index is 10.4. The molecule has 0 amide bonds. The Morgan fingerprint density at radius 3 is 2.60 bits per heavy atom. The predicted octanol–water partition coefficient (Wildman–Crippen LogP) is 2.73. The quantitative estimate of drug-likeness (QED) is 0.396. The van der Waals surface area contributed by atoms with Crippen LogP contribution in [-0.4, -0.2) is 24.2 Å². The molecule has 114 valence electrons. The highest BCUT2D eigenvalue weighted by Crippen LogP contribution is 2.27. The standard InChI is InChI=1S/C14H22ClN3O.HI/c1-10(2)8-17-13(16)18-9-14(3,19)11-6-4-5-7-12(11)15;/h4-7,10,19H,8-9H2,1-3H3,(H3,16,17,18);1H. The molecule has 1 aromatic carbocycles. The number of hydrogen-bond donors (Lipinski definition) is 3. The van der Waals surface area contributed by atoms with Crippen molar-refractivity contribution in [2.24, 2.45) is 16.6 Å². The molecule has 0 radical (unpaired) electrons. The lowest BCUT2D eigenvalue weighted by molar-refractivity contribution is 0.0674. The molecule has 0 saturated heterocycles. The molecule has 0 heterocycles. The summed E-state index contributed by atoms with van der Waals surface area (Å²) in [5.41, 5.74) is 5.25. The van der Waals surface area contributed by atoms with Crippen LogP contribution in [-0.2, 0) is 5.60 Å². The minimum Gasteiger partial charge on any atom is -0.383 e. The van der Waals surface area contributed by atoms with Gasteiger partial charge in [0.25, 0.3) is 0 Å². The first-order valence-electron chi connectivity index (χ1n) is 6.34. The molecule has 0 aliphatic rings. The van der Waals surface area contributed by atoms with Crippen molar-refractivity contribution in [1.82, 2.24) is 5.32 Å². The van der Waals surface area contributed by atoms with Gasteiger partial charge in [0.2, 0.25) is 0 Å². The number of aliphatic imine (C=N–C) groups is 1. The third-order valence-electron chi connectivity index (χ3n) is 2.70. The lowest BCUT2D eigenvalue weighted by Crippen LogP contribution is -2.36. The van der Waals surface area contributed by atoms with Gasteiger partial charge in [-0.15, -0.1) is 24.0 Å². The summed E-state index contributed by atoms with van der Waals surface area (Å²) in [6, 6.07) is 7.19. The van der Waals surface area contributed by atoms with E-state index in [1.54, 1.807) is 19.1 Å². The van der Waals surface area contributed by atoms with E-state index >= 15 is 0 Å². The molecule has 4 N–H and O–H groups in total. The maximum Gasteiger partial charge on any atom is 0.188 e. The zero-order chi connectivity index (χ0) is 14.5. The van der Waals surface area contributed by atoms with Crippen LogP contribution in [0.1, 0.15) is 26.3 Å². The zero-order valence-corrected chi connectivity index (χ0v) is 15.1. The summed E-state index contributed by atoms with van der Waals surface area (Å²) >= 11 is 6.07. The Kier molecular flexibility index (Phi) is 8.46. The number of nitrogens with zero attached hydrogens (tertiary/aromatic N) is 1. The highest BCUT2D eigenvalue weighted by molar-refractivity contribution is 14.0. The second-order valence-electron chi connectivity index (χ2n) is 5.23. The fourth-order valence-corrected chi connectivity index (χ4v) is 1.93. The Balaban J connectivity index is 0.00000361. The van der Waals surface area contributed by atoms with Crippen molar-refractivity contribution >= 4 is 41.5 Å². The largest absolute Gasteiger partial charge is 0.383 e.